The summed E-state index contributed by atoms with van der Waals surface area (Å²) in [6.07, 6.45) is 1.03. The average molecular weight is 490 g/mol. The summed E-state index contributed by atoms with van der Waals surface area (Å²) < 4.78 is 45.3. The molecule has 10 heteroatoms. The second-order valence-electron chi connectivity index (χ2n) is 7.77. The Kier molecular flexibility index (Phi) is 6.67. The van der Waals surface area contributed by atoms with E-state index < -0.39 is 29.2 Å². The number of urea groups is 1. The number of nitrogens with zero attached hydrogens (tertiary/aromatic N) is 3. The molecular weight excluding hydrogens is 467 g/mol. The molecule has 2 aromatic carbocycles. The predicted molar refractivity (Wildman–Crippen MR) is 129 cm³/mol. The molecule has 6 nitrogen and oxygen atoms in total. The fraction of sp³-hybridized carbons (Fsp3) is 0.250. The van der Waals surface area contributed by atoms with Crippen LogP contribution in [0.3, 0.4) is 0 Å². The van der Waals surface area contributed by atoms with Crippen molar-refractivity contribution < 1.29 is 18.0 Å². The Morgan fingerprint density at radius 2 is 1.76 bits per heavy atom. The normalized spacial score (nSPS) is 13.0. The van der Waals surface area contributed by atoms with Crippen LogP contribution in [-0.4, -0.2) is 37.7 Å². The molecule has 2 heterocycles. The molecule has 2 amide bonds. The van der Waals surface area contributed by atoms with Crippen LogP contribution in [-0.2, 0) is 0 Å². The molecule has 0 saturated carbocycles. The number of hydrogen-bond acceptors (Lipinski definition) is 4. The molecule has 0 atom stereocenters. The van der Waals surface area contributed by atoms with Crippen LogP contribution in [0.4, 0.5) is 40.8 Å². The van der Waals surface area contributed by atoms with E-state index in [0.717, 1.165) is 23.2 Å². The van der Waals surface area contributed by atoms with Crippen molar-refractivity contribution in [2.75, 3.05) is 41.8 Å². The monoisotopic (exact) mass is 489 g/mol. The van der Waals surface area contributed by atoms with Crippen LogP contribution in [0.25, 0.3) is 11.1 Å². The number of carbonyl (C=O) groups is 1. The van der Waals surface area contributed by atoms with E-state index >= 15 is 8.78 Å². The van der Waals surface area contributed by atoms with E-state index in [1.165, 1.54) is 11.0 Å². The zero-order valence-electron chi connectivity index (χ0n) is 18.8. The van der Waals surface area contributed by atoms with E-state index in [4.69, 9.17) is 11.6 Å². The van der Waals surface area contributed by atoms with Gasteiger partial charge in [0.05, 0.1) is 11.9 Å². The van der Waals surface area contributed by atoms with Gasteiger partial charge in [0.15, 0.2) is 11.6 Å². The summed E-state index contributed by atoms with van der Waals surface area (Å²) in [6.45, 7) is 4.44. The fourth-order valence-electron chi connectivity index (χ4n) is 4.02. The average Bonchev–Trinajstić information content (AvgIpc) is 2.89. The minimum atomic E-state index is -0.941. The van der Waals surface area contributed by atoms with E-state index in [-0.39, 0.29) is 34.3 Å². The number of pyridine rings is 1. The van der Waals surface area contributed by atoms with Crippen LogP contribution in [0.1, 0.15) is 12.5 Å². The first-order valence-corrected chi connectivity index (χ1v) is 11.1. The van der Waals surface area contributed by atoms with Gasteiger partial charge in [0.1, 0.15) is 17.3 Å². The highest BCUT2D eigenvalue weighted by molar-refractivity contribution is 6.31. The van der Waals surface area contributed by atoms with Crippen LogP contribution in [0.15, 0.2) is 36.5 Å². The van der Waals surface area contributed by atoms with E-state index in [1.54, 1.807) is 33.0 Å². The number of nitrogens with one attached hydrogen (secondary N) is 2. The molecule has 0 saturated heterocycles. The Balaban J connectivity index is 1.97. The summed E-state index contributed by atoms with van der Waals surface area (Å²) in [4.78, 5) is 20.1. The smallest absolute Gasteiger partial charge is 0.334 e. The Morgan fingerprint density at radius 1 is 1.06 bits per heavy atom. The molecule has 0 radical (unpaired) electrons. The van der Waals surface area contributed by atoms with Gasteiger partial charge in [-0.25, -0.2) is 22.9 Å². The van der Waals surface area contributed by atoms with Crippen molar-refractivity contribution in [3.63, 3.8) is 0 Å². The first-order valence-electron chi connectivity index (χ1n) is 10.7. The molecule has 1 aliphatic rings. The number of carbonyl (C=O) groups excluding carboxylic acids is 1. The Bertz CT molecular complexity index is 1250. The third-order valence-corrected chi connectivity index (χ3v) is 5.90. The Labute approximate surface area is 200 Å². The first kappa shape index (κ1) is 23.8. The summed E-state index contributed by atoms with van der Waals surface area (Å²) in [7, 11) is 1.76. The van der Waals surface area contributed by atoms with Crippen LogP contribution in [0.2, 0.25) is 5.02 Å². The SMILES string of the molecule is CCN1C(=O)N(c2c(F)cc(NCCNC)cc2F)c2cc(Cl)ccc2-c2c1ncc(F)c2C. The third kappa shape index (κ3) is 4.05. The van der Waals surface area contributed by atoms with E-state index in [2.05, 4.69) is 15.6 Å². The lowest BCUT2D eigenvalue weighted by Gasteiger charge is -2.28. The lowest BCUT2D eigenvalue weighted by atomic mass is 9.99. The van der Waals surface area contributed by atoms with Gasteiger partial charge in [0.2, 0.25) is 0 Å². The summed E-state index contributed by atoms with van der Waals surface area (Å²) in [5.74, 6) is -2.25. The number of benzene rings is 2. The number of likely N-dealkylation sites (N-methyl/N-ethyl adjacent to an activating group) is 1. The summed E-state index contributed by atoms with van der Waals surface area (Å²) in [6, 6.07) is 6.11. The first-order chi connectivity index (χ1) is 16.3. The van der Waals surface area contributed by atoms with Gasteiger partial charge < -0.3 is 10.6 Å². The Hall–Kier alpha value is -3.30. The molecule has 0 aliphatic carbocycles. The lowest BCUT2D eigenvalue weighted by molar-refractivity contribution is 0.253. The van der Waals surface area contributed by atoms with Crippen molar-refractivity contribution in [3.8, 4) is 11.1 Å². The molecule has 178 valence electrons. The van der Waals surface area contributed by atoms with Gasteiger partial charge in [-0.3, -0.25) is 9.80 Å². The highest BCUT2D eigenvalue weighted by Gasteiger charge is 2.37. The number of hydrogen-bond donors (Lipinski definition) is 2. The van der Waals surface area contributed by atoms with Gasteiger partial charge in [-0.05, 0) is 50.7 Å². The molecule has 4 rings (SSSR count). The highest BCUT2D eigenvalue weighted by Crippen LogP contribution is 2.47. The predicted octanol–water partition coefficient (Wildman–Crippen LogP) is 5.86. The van der Waals surface area contributed by atoms with Gasteiger partial charge in [-0.15, -0.1) is 0 Å². The highest BCUT2D eigenvalue weighted by atomic mass is 35.5. The van der Waals surface area contributed by atoms with Crippen molar-refractivity contribution in [3.05, 3.63) is 64.6 Å². The minimum absolute atomic E-state index is 0.124. The van der Waals surface area contributed by atoms with Crippen LogP contribution < -0.4 is 20.4 Å². The van der Waals surface area contributed by atoms with Crippen LogP contribution in [0.5, 0.6) is 0 Å². The topological polar surface area (TPSA) is 60.5 Å². The lowest BCUT2D eigenvalue weighted by Crippen LogP contribution is -2.41. The molecule has 0 bridgehead atoms. The van der Waals surface area contributed by atoms with Crippen molar-refractivity contribution >= 4 is 40.5 Å². The van der Waals surface area contributed by atoms with Gasteiger partial charge in [0, 0.05) is 41.5 Å². The molecule has 2 N–H and O–H groups in total. The van der Waals surface area contributed by atoms with Crippen molar-refractivity contribution in [2.45, 2.75) is 13.8 Å². The third-order valence-electron chi connectivity index (χ3n) is 5.67. The summed E-state index contributed by atoms with van der Waals surface area (Å²) >= 11 is 6.23. The molecule has 0 spiro atoms. The zero-order valence-corrected chi connectivity index (χ0v) is 19.6. The van der Waals surface area contributed by atoms with Gasteiger partial charge in [0.25, 0.3) is 0 Å². The number of halogens is 4. The zero-order chi connectivity index (χ0) is 24.6. The van der Waals surface area contributed by atoms with E-state index in [9.17, 15) is 9.18 Å². The number of fused-ring (bicyclic) bond motifs is 3. The maximum Gasteiger partial charge on any atom is 0.334 e. The molecule has 0 unspecified atom stereocenters. The van der Waals surface area contributed by atoms with Crippen molar-refractivity contribution in [1.82, 2.24) is 10.3 Å². The van der Waals surface area contributed by atoms with Gasteiger partial charge in [-0.1, -0.05) is 17.7 Å². The van der Waals surface area contributed by atoms with Crippen molar-refractivity contribution in [2.24, 2.45) is 0 Å². The number of anilines is 4. The molecule has 34 heavy (non-hydrogen) atoms. The van der Waals surface area contributed by atoms with Gasteiger partial charge in [-0.2, -0.15) is 0 Å². The fourth-order valence-corrected chi connectivity index (χ4v) is 4.19. The maximum atomic E-state index is 15.4. The number of amides is 2. The molecule has 3 aromatic rings. The van der Waals surface area contributed by atoms with Crippen LogP contribution in [0, 0.1) is 24.4 Å². The quantitative estimate of drug-likeness (QED) is 0.426. The van der Waals surface area contributed by atoms with Crippen molar-refractivity contribution in [1.29, 1.82) is 0 Å². The molecular formula is C24H23ClF3N5O. The second kappa shape index (κ2) is 9.52. The van der Waals surface area contributed by atoms with E-state index in [1.807, 2.05) is 0 Å². The minimum Gasteiger partial charge on any atom is -0.384 e. The number of rotatable bonds is 6. The summed E-state index contributed by atoms with van der Waals surface area (Å²) in [5, 5.41) is 6.11. The molecule has 1 aliphatic heterocycles. The largest absolute Gasteiger partial charge is 0.384 e. The molecule has 0 fully saturated rings. The number of aromatic nitrogens is 1. The van der Waals surface area contributed by atoms with Crippen LogP contribution >= 0.6 is 11.6 Å². The maximum absolute atomic E-state index is 15.4. The molecule has 1 aromatic heterocycles. The summed E-state index contributed by atoms with van der Waals surface area (Å²) in [5.41, 5.74) is 0.791. The standard InChI is InChI=1S/C24H23ClF3N5O/c1-4-32-23-21(13(2)19(28)12-31-23)16-6-5-14(25)9-20(16)33(24(32)34)22-17(26)10-15(11-18(22)27)30-8-7-29-3/h5-6,9-12,29-30H,4,7-8H2,1-3H3. The Morgan fingerprint density at radius 3 is 2.41 bits per heavy atom. The van der Waals surface area contributed by atoms with E-state index in [0.29, 0.717) is 24.2 Å². The van der Waals surface area contributed by atoms with Gasteiger partial charge >= 0.3 is 6.03 Å². The second-order valence-corrected chi connectivity index (χ2v) is 8.21.